The number of rotatable bonds is 13. The van der Waals surface area contributed by atoms with Crippen LogP contribution in [-0.4, -0.2) is 50.0 Å². The topological polar surface area (TPSA) is 96.0 Å². The minimum atomic E-state index is -3.89. The molecule has 0 unspecified atom stereocenters. The summed E-state index contributed by atoms with van der Waals surface area (Å²) in [6.45, 7) is -0.358. The van der Waals surface area contributed by atoms with Crippen LogP contribution in [0.3, 0.4) is 0 Å². The molecule has 8 nitrogen and oxygen atoms in total. The van der Waals surface area contributed by atoms with Crippen LogP contribution in [0.1, 0.15) is 43.2 Å². The van der Waals surface area contributed by atoms with Crippen molar-refractivity contribution in [2.75, 3.05) is 17.1 Å². The highest BCUT2D eigenvalue weighted by Crippen LogP contribution is 2.27. The molecule has 1 N–H and O–H groups in total. The second-order valence-electron chi connectivity index (χ2n) is 11.9. The fraction of sp³-hybridized carbons (Fsp3) is 0.297. The molecule has 246 valence electrons. The third-order valence-electron chi connectivity index (χ3n) is 8.25. The van der Waals surface area contributed by atoms with Crippen LogP contribution in [0.2, 0.25) is 0 Å². The summed E-state index contributed by atoms with van der Waals surface area (Å²) >= 11 is 3.52. The number of nitrogens with one attached hydrogen (secondary N) is 1. The number of anilines is 1. The highest BCUT2D eigenvalue weighted by atomic mass is 79.9. The van der Waals surface area contributed by atoms with Crippen LogP contribution < -0.4 is 14.4 Å². The molecule has 1 aliphatic carbocycles. The van der Waals surface area contributed by atoms with E-state index in [1.807, 2.05) is 84.9 Å². The van der Waals surface area contributed by atoms with Crippen molar-refractivity contribution >= 4 is 43.5 Å². The van der Waals surface area contributed by atoms with Gasteiger partial charge in [0, 0.05) is 23.5 Å². The molecule has 0 heterocycles. The number of carbonyl (C=O) groups excluding carboxylic acids is 2. The second kappa shape index (κ2) is 16.1. The maximum Gasteiger partial charge on any atom is 0.244 e. The first kappa shape index (κ1) is 34.2. The number of carbonyl (C=O) groups is 2. The van der Waals surface area contributed by atoms with E-state index in [4.69, 9.17) is 4.74 Å². The average Bonchev–Trinajstić information content (AvgIpc) is 3.06. The zero-order valence-electron chi connectivity index (χ0n) is 26.4. The summed E-state index contributed by atoms with van der Waals surface area (Å²) in [5.41, 5.74) is 2.02. The zero-order valence-corrected chi connectivity index (χ0v) is 28.8. The number of hydrogen-bond donors (Lipinski definition) is 1. The van der Waals surface area contributed by atoms with Gasteiger partial charge in [-0.25, -0.2) is 8.42 Å². The minimum absolute atomic E-state index is 0.0430. The van der Waals surface area contributed by atoms with E-state index < -0.39 is 28.5 Å². The number of ether oxygens (including phenoxy) is 1. The number of hydrogen-bond acceptors (Lipinski definition) is 5. The quantitative estimate of drug-likeness (QED) is 0.159. The van der Waals surface area contributed by atoms with Crippen LogP contribution >= 0.6 is 15.9 Å². The molecule has 2 amide bonds. The maximum atomic E-state index is 14.4. The van der Waals surface area contributed by atoms with Gasteiger partial charge in [-0.1, -0.05) is 95.9 Å². The molecule has 0 aromatic heterocycles. The zero-order chi connectivity index (χ0) is 33.2. The summed E-state index contributed by atoms with van der Waals surface area (Å²) in [7, 11) is -3.89. The van der Waals surface area contributed by atoms with E-state index in [1.54, 1.807) is 24.3 Å². The first-order chi connectivity index (χ1) is 22.7. The van der Waals surface area contributed by atoms with Crippen molar-refractivity contribution < 1.29 is 22.7 Å². The highest BCUT2D eigenvalue weighted by Gasteiger charge is 2.34. The SMILES string of the molecule is CS(=O)(=O)N(CC(=O)N(Cc1cccc(Br)c1)[C@H](Cc1ccccc1)C(=O)NC1CCCCC1)c1ccc(Oc2ccccc2)cc1. The van der Waals surface area contributed by atoms with Gasteiger partial charge in [-0.15, -0.1) is 0 Å². The predicted octanol–water partition coefficient (Wildman–Crippen LogP) is 7.10. The van der Waals surface area contributed by atoms with E-state index in [0.717, 1.165) is 58.3 Å². The summed E-state index contributed by atoms with van der Waals surface area (Å²) in [6.07, 6.45) is 6.40. The lowest BCUT2D eigenvalue weighted by Crippen LogP contribution is -2.55. The van der Waals surface area contributed by atoms with Gasteiger partial charge in [0.1, 0.15) is 24.1 Å². The van der Waals surface area contributed by atoms with E-state index in [1.165, 1.54) is 4.90 Å². The molecule has 1 aliphatic rings. The van der Waals surface area contributed by atoms with E-state index in [9.17, 15) is 18.0 Å². The largest absolute Gasteiger partial charge is 0.457 e. The molecule has 1 atom stereocenters. The monoisotopic (exact) mass is 717 g/mol. The molecule has 4 aromatic carbocycles. The third-order valence-corrected chi connectivity index (χ3v) is 9.88. The molecule has 47 heavy (non-hydrogen) atoms. The molecule has 0 radical (unpaired) electrons. The van der Waals surface area contributed by atoms with Crippen LogP contribution in [0.4, 0.5) is 5.69 Å². The molecule has 1 fully saturated rings. The standard InChI is InChI=1S/C37H40BrN3O5S/c1-47(44,45)41(32-20-22-34(23-21-32)46-33-18-9-4-10-19-33)27-36(42)40(26-29-14-11-15-30(38)24-29)35(25-28-12-5-2-6-13-28)37(43)39-31-16-7-3-8-17-31/h2,4-6,9-15,18-24,31,35H,3,7-8,16-17,25-27H2,1H3,(H,39,43)/t35-/m1/s1. The lowest BCUT2D eigenvalue weighted by molar-refractivity contribution is -0.140. The Morgan fingerprint density at radius 1 is 0.830 bits per heavy atom. The summed E-state index contributed by atoms with van der Waals surface area (Å²) in [4.78, 5) is 30.0. The molecule has 5 rings (SSSR count). The van der Waals surface area contributed by atoms with E-state index in [0.29, 0.717) is 17.2 Å². The average molecular weight is 719 g/mol. The first-order valence-electron chi connectivity index (χ1n) is 15.8. The van der Waals surface area contributed by atoms with Gasteiger partial charge in [-0.05, 0) is 72.5 Å². The van der Waals surface area contributed by atoms with Gasteiger partial charge in [0.05, 0.1) is 11.9 Å². The molecule has 10 heteroatoms. The molecule has 4 aromatic rings. The Hall–Kier alpha value is -4.15. The molecular formula is C37H40BrN3O5S. The third kappa shape index (κ3) is 9.92. The van der Waals surface area contributed by atoms with Crippen molar-refractivity contribution in [3.8, 4) is 11.5 Å². The number of benzene rings is 4. The summed E-state index contributed by atoms with van der Waals surface area (Å²) in [6, 6.07) is 32.1. The predicted molar refractivity (Wildman–Crippen MR) is 189 cm³/mol. The van der Waals surface area contributed by atoms with Gasteiger partial charge >= 0.3 is 0 Å². The van der Waals surface area contributed by atoms with Crippen molar-refractivity contribution in [1.82, 2.24) is 10.2 Å². The molecular weight excluding hydrogens is 678 g/mol. The van der Waals surface area contributed by atoms with Gasteiger partial charge in [0.25, 0.3) is 0 Å². The van der Waals surface area contributed by atoms with E-state index >= 15 is 0 Å². The fourth-order valence-electron chi connectivity index (χ4n) is 5.85. The van der Waals surface area contributed by atoms with Gasteiger partial charge in [0.2, 0.25) is 21.8 Å². The van der Waals surface area contributed by atoms with Crippen LogP contribution in [-0.2, 0) is 32.6 Å². The summed E-state index contributed by atoms with van der Waals surface area (Å²) in [5.74, 6) is 0.449. The Bertz CT molecular complexity index is 1730. The van der Waals surface area contributed by atoms with E-state index in [2.05, 4.69) is 21.2 Å². The first-order valence-corrected chi connectivity index (χ1v) is 18.5. The molecule has 0 spiro atoms. The molecule has 0 aliphatic heterocycles. The summed E-state index contributed by atoms with van der Waals surface area (Å²) < 4.78 is 34.1. The lowest BCUT2D eigenvalue weighted by Gasteiger charge is -2.35. The minimum Gasteiger partial charge on any atom is -0.457 e. The number of para-hydroxylation sites is 1. The van der Waals surface area contributed by atoms with Crippen molar-refractivity contribution in [3.05, 3.63) is 125 Å². The normalized spacial score (nSPS) is 14.2. The number of sulfonamides is 1. The molecule has 0 saturated heterocycles. The molecule has 1 saturated carbocycles. The Labute approximate surface area is 285 Å². The highest BCUT2D eigenvalue weighted by molar-refractivity contribution is 9.10. The van der Waals surface area contributed by atoms with Crippen LogP contribution in [0.5, 0.6) is 11.5 Å². The van der Waals surface area contributed by atoms with Gasteiger partial charge < -0.3 is 15.0 Å². The Morgan fingerprint density at radius 3 is 2.09 bits per heavy atom. The fourth-order valence-corrected chi connectivity index (χ4v) is 7.15. The number of amides is 2. The molecule has 0 bridgehead atoms. The number of nitrogens with zero attached hydrogens (tertiary/aromatic N) is 2. The summed E-state index contributed by atoms with van der Waals surface area (Å²) in [5, 5.41) is 3.23. The Morgan fingerprint density at radius 2 is 1.45 bits per heavy atom. The van der Waals surface area contributed by atoms with Gasteiger partial charge in [-0.2, -0.15) is 0 Å². The van der Waals surface area contributed by atoms with Crippen molar-refractivity contribution in [2.24, 2.45) is 0 Å². The van der Waals surface area contributed by atoms with Crippen LogP contribution in [0.25, 0.3) is 0 Å². The van der Waals surface area contributed by atoms with Crippen molar-refractivity contribution in [2.45, 2.75) is 57.2 Å². The lowest BCUT2D eigenvalue weighted by atomic mass is 9.94. The maximum absolute atomic E-state index is 14.4. The Balaban J connectivity index is 1.46. The van der Waals surface area contributed by atoms with Crippen LogP contribution in [0, 0.1) is 0 Å². The van der Waals surface area contributed by atoms with Crippen molar-refractivity contribution in [1.29, 1.82) is 0 Å². The van der Waals surface area contributed by atoms with Gasteiger partial charge in [-0.3, -0.25) is 13.9 Å². The smallest absolute Gasteiger partial charge is 0.244 e. The van der Waals surface area contributed by atoms with E-state index in [-0.39, 0.29) is 24.9 Å². The van der Waals surface area contributed by atoms with Gasteiger partial charge in [0.15, 0.2) is 0 Å². The van der Waals surface area contributed by atoms with Crippen molar-refractivity contribution in [3.63, 3.8) is 0 Å². The number of halogens is 1. The second-order valence-corrected chi connectivity index (χ2v) is 14.7. The Kier molecular flexibility index (Phi) is 11.7. The van der Waals surface area contributed by atoms with Crippen LogP contribution in [0.15, 0.2) is 114 Å².